The molecule has 0 saturated heterocycles. The molecule has 0 radical (unpaired) electrons. The lowest BCUT2D eigenvalue weighted by atomic mass is 9.87. The Bertz CT molecular complexity index is 720. The summed E-state index contributed by atoms with van der Waals surface area (Å²) >= 11 is 1.01. The molecule has 0 saturated carbocycles. The van der Waals surface area contributed by atoms with Crippen molar-refractivity contribution >= 4 is 22.6 Å². The van der Waals surface area contributed by atoms with Gasteiger partial charge in [0.15, 0.2) is 0 Å². The second kappa shape index (κ2) is 11.9. The van der Waals surface area contributed by atoms with E-state index >= 15 is 0 Å². The number of hydrogen-bond acceptors (Lipinski definition) is 1. The van der Waals surface area contributed by atoms with Gasteiger partial charge < -0.3 is 5.11 Å². The lowest BCUT2D eigenvalue weighted by molar-refractivity contribution is -0.461. The summed E-state index contributed by atoms with van der Waals surface area (Å²) in [6, 6.07) is 0. The Kier molecular flexibility index (Phi) is 11.8. The molecule has 0 spiro atoms. The van der Waals surface area contributed by atoms with Crippen molar-refractivity contribution in [3.63, 3.8) is 0 Å². The SMILES string of the molecule is OCCCCCCCCC(I)CC(F)(F)C(F)(F)C(F)(F)C(F)(F)C(F)(F)C(F)(F)C(F)(F)C(F)(F)F. The molecule has 0 aliphatic rings. The summed E-state index contributed by atoms with van der Waals surface area (Å²) in [6.45, 7) is -0.100. The Morgan fingerprint density at radius 3 is 1.16 bits per heavy atom. The molecule has 19 heteroatoms. The van der Waals surface area contributed by atoms with Crippen LogP contribution in [-0.2, 0) is 0 Å². The Labute approximate surface area is 212 Å². The van der Waals surface area contributed by atoms with Crippen LogP contribution >= 0.6 is 22.6 Å². The Morgan fingerprint density at radius 1 is 0.459 bits per heavy atom. The molecule has 1 N–H and O–H groups in total. The fourth-order valence-corrected chi connectivity index (χ4v) is 3.88. The van der Waals surface area contributed by atoms with E-state index in [4.69, 9.17) is 5.11 Å². The van der Waals surface area contributed by atoms with Gasteiger partial charge in [0.25, 0.3) is 0 Å². The van der Waals surface area contributed by atoms with Crippen molar-refractivity contribution in [3.8, 4) is 0 Å². The van der Waals surface area contributed by atoms with Gasteiger partial charge in [-0.25, -0.2) is 0 Å². The third-order valence-corrected chi connectivity index (χ3v) is 6.25. The number of alkyl halides is 18. The minimum absolute atomic E-state index is 0.0117. The highest BCUT2D eigenvalue weighted by molar-refractivity contribution is 14.1. The predicted octanol–water partition coefficient (Wildman–Crippen LogP) is 8.91. The first-order valence-electron chi connectivity index (χ1n) is 10.2. The highest BCUT2D eigenvalue weighted by Gasteiger charge is 2.95. The summed E-state index contributed by atoms with van der Waals surface area (Å²) in [5, 5.41) is 8.58. The van der Waals surface area contributed by atoms with Crippen molar-refractivity contribution in [2.75, 3.05) is 6.61 Å². The number of aliphatic hydroxyl groups excluding tert-OH is 1. The molecule has 1 unspecified atom stereocenters. The summed E-state index contributed by atoms with van der Waals surface area (Å²) < 4.78 is 224. The fourth-order valence-electron chi connectivity index (χ4n) is 2.89. The van der Waals surface area contributed by atoms with Crippen molar-refractivity contribution < 1.29 is 79.7 Å². The Balaban J connectivity index is 5.87. The van der Waals surface area contributed by atoms with Crippen LogP contribution in [0.1, 0.15) is 51.4 Å². The van der Waals surface area contributed by atoms with Gasteiger partial charge in [0.05, 0.1) is 0 Å². The maximum absolute atomic E-state index is 13.9. The van der Waals surface area contributed by atoms with Crippen LogP contribution < -0.4 is 0 Å². The first kappa shape index (κ1) is 36.5. The van der Waals surface area contributed by atoms with Gasteiger partial charge in [-0.3, -0.25) is 0 Å². The monoisotopic (exact) mass is 702 g/mol. The summed E-state index contributed by atoms with van der Waals surface area (Å²) in [6.07, 6.45) is -8.21. The lowest BCUT2D eigenvalue weighted by Gasteiger charge is -2.43. The molecule has 0 bridgehead atoms. The van der Waals surface area contributed by atoms with Crippen molar-refractivity contribution in [2.24, 2.45) is 0 Å². The van der Waals surface area contributed by atoms with Crippen molar-refractivity contribution in [1.29, 1.82) is 0 Å². The van der Waals surface area contributed by atoms with E-state index in [9.17, 15) is 74.6 Å². The zero-order valence-corrected chi connectivity index (χ0v) is 20.3. The predicted molar refractivity (Wildman–Crippen MR) is 103 cm³/mol. The van der Waals surface area contributed by atoms with Crippen LogP contribution in [0, 0.1) is 0 Å². The Morgan fingerprint density at radius 2 is 0.784 bits per heavy atom. The lowest BCUT2D eigenvalue weighted by Crippen LogP contribution is -2.74. The summed E-state index contributed by atoms with van der Waals surface area (Å²) in [4.78, 5) is 0. The van der Waals surface area contributed by atoms with Crippen LogP contribution in [0.2, 0.25) is 0 Å². The maximum atomic E-state index is 13.9. The van der Waals surface area contributed by atoms with Crippen molar-refractivity contribution in [2.45, 2.75) is 103 Å². The zero-order valence-electron chi connectivity index (χ0n) is 18.2. The highest BCUT2D eigenvalue weighted by Crippen LogP contribution is 2.64. The molecular weight excluding hydrogens is 682 g/mol. The highest BCUT2D eigenvalue weighted by atomic mass is 127. The molecular formula is C18H20F17IO. The molecule has 0 aromatic rings. The van der Waals surface area contributed by atoms with E-state index in [-0.39, 0.29) is 19.4 Å². The van der Waals surface area contributed by atoms with Gasteiger partial charge in [-0.2, -0.15) is 74.6 Å². The first-order chi connectivity index (χ1) is 16.2. The van der Waals surface area contributed by atoms with Gasteiger partial charge in [-0.05, 0) is 12.8 Å². The average Bonchev–Trinajstić information content (AvgIpc) is 2.71. The molecule has 0 aromatic carbocycles. The number of aliphatic hydroxyl groups is 1. The van der Waals surface area contributed by atoms with Crippen LogP contribution in [0.5, 0.6) is 0 Å². The number of halogens is 18. The van der Waals surface area contributed by atoms with E-state index < -0.39 is 64.4 Å². The molecule has 0 rings (SSSR count). The average molecular weight is 702 g/mol. The maximum Gasteiger partial charge on any atom is 0.460 e. The van der Waals surface area contributed by atoms with Crippen LogP contribution in [0.15, 0.2) is 0 Å². The van der Waals surface area contributed by atoms with Crippen molar-refractivity contribution in [1.82, 2.24) is 0 Å². The Hall–Kier alpha value is -0.500. The molecule has 0 aliphatic carbocycles. The number of rotatable bonds is 16. The van der Waals surface area contributed by atoms with E-state index in [0.29, 0.717) is 25.7 Å². The fraction of sp³-hybridized carbons (Fsp3) is 1.00. The van der Waals surface area contributed by atoms with E-state index in [1.807, 2.05) is 0 Å². The van der Waals surface area contributed by atoms with Crippen LogP contribution in [0.25, 0.3) is 0 Å². The number of unbranched alkanes of at least 4 members (excludes halogenated alkanes) is 5. The normalized spacial score (nSPS) is 16.3. The molecule has 1 atom stereocenters. The van der Waals surface area contributed by atoms with E-state index in [0.717, 1.165) is 22.6 Å². The summed E-state index contributed by atoms with van der Waals surface area (Å²) in [7, 11) is 0. The van der Waals surface area contributed by atoms with E-state index in [1.165, 1.54) is 0 Å². The summed E-state index contributed by atoms with van der Waals surface area (Å²) in [5.74, 6) is -55.9. The molecule has 0 amide bonds. The molecule has 0 heterocycles. The second-order valence-corrected chi connectivity index (χ2v) is 9.85. The largest absolute Gasteiger partial charge is 0.460 e. The second-order valence-electron chi connectivity index (χ2n) is 8.08. The quantitative estimate of drug-likeness (QED) is 0.0738. The zero-order chi connectivity index (χ0) is 29.9. The van der Waals surface area contributed by atoms with Gasteiger partial charge in [0.1, 0.15) is 0 Å². The van der Waals surface area contributed by atoms with E-state index in [2.05, 4.69) is 0 Å². The molecule has 224 valence electrons. The number of hydrogen-bond donors (Lipinski definition) is 1. The smallest absolute Gasteiger partial charge is 0.396 e. The third-order valence-electron chi connectivity index (χ3n) is 5.19. The van der Waals surface area contributed by atoms with E-state index in [1.54, 1.807) is 0 Å². The van der Waals surface area contributed by atoms with Gasteiger partial charge in [0, 0.05) is 17.0 Å². The molecule has 1 nitrogen and oxygen atoms in total. The van der Waals surface area contributed by atoms with Gasteiger partial charge in [-0.15, -0.1) is 0 Å². The standard InChI is InChI=1S/C18H20F17IO/c19-11(20,9-10(36)7-5-3-1-2-4-6-8-37)12(21,22)13(23,24)14(25,26)15(27,28)16(29,30)17(31,32)18(33,34)35/h10,37H,1-9H2. The molecule has 0 fully saturated rings. The first-order valence-corrected chi connectivity index (χ1v) is 11.4. The minimum atomic E-state index is -8.60. The topological polar surface area (TPSA) is 20.2 Å². The molecule has 37 heavy (non-hydrogen) atoms. The van der Waals surface area contributed by atoms with Crippen molar-refractivity contribution in [3.05, 3.63) is 0 Å². The van der Waals surface area contributed by atoms with Gasteiger partial charge >= 0.3 is 47.6 Å². The van der Waals surface area contributed by atoms with Crippen LogP contribution in [-0.4, -0.2) is 63.3 Å². The molecule has 0 aliphatic heterocycles. The summed E-state index contributed by atoms with van der Waals surface area (Å²) in [5.41, 5.74) is 0. The van der Waals surface area contributed by atoms with Gasteiger partial charge in [0.2, 0.25) is 0 Å². The minimum Gasteiger partial charge on any atom is -0.396 e. The van der Waals surface area contributed by atoms with Gasteiger partial charge in [-0.1, -0.05) is 54.7 Å². The molecule has 0 aromatic heterocycles. The third kappa shape index (κ3) is 6.81. The van der Waals surface area contributed by atoms with Crippen LogP contribution in [0.4, 0.5) is 74.6 Å². The van der Waals surface area contributed by atoms with Crippen LogP contribution in [0.3, 0.4) is 0 Å².